The van der Waals surface area contributed by atoms with Crippen LogP contribution >= 0.6 is 0 Å². The van der Waals surface area contributed by atoms with Crippen molar-refractivity contribution in [1.29, 1.82) is 0 Å². The van der Waals surface area contributed by atoms with E-state index in [9.17, 15) is 4.79 Å². The molecule has 0 saturated heterocycles. The van der Waals surface area contributed by atoms with Gasteiger partial charge in [-0.3, -0.25) is 4.79 Å². The Hall–Kier alpha value is -4.12. The number of carbonyl (C=O) groups is 1. The van der Waals surface area contributed by atoms with Crippen LogP contribution in [0.5, 0.6) is 5.75 Å². The lowest BCUT2D eigenvalue weighted by Crippen LogP contribution is -2.17. The molecule has 5 nitrogen and oxygen atoms in total. The van der Waals surface area contributed by atoms with Crippen molar-refractivity contribution in [2.45, 2.75) is 13.8 Å². The molecule has 160 valence electrons. The van der Waals surface area contributed by atoms with Gasteiger partial charge in [0.25, 0.3) is 5.91 Å². The first-order valence-electron chi connectivity index (χ1n) is 10.4. The third-order valence-electron chi connectivity index (χ3n) is 5.38. The molecular weight excluding hydrogens is 398 g/mol. The number of hydrogen-bond acceptors (Lipinski definition) is 3. The minimum absolute atomic E-state index is 0.258. The van der Waals surface area contributed by atoms with Gasteiger partial charge in [-0.15, -0.1) is 0 Å². The second-order valence-corrected chi connectivity index (χ2v) is 7.53. The van der Waals surface area contributed by atoms with Crippen LogP contribution in [0.15, 0.2) is 90.0 Å². The maximum absolute atomic E-state index is 12.5. The summed E-state index contributed by atoms with van der Waals surface area (Å²) in [5.74, 6) is 0.531. The Bertz CT molecular complexity index is 1260. The molecule has 3 aromatic carbocycles. The Balaban J connectivity index is 1.49. The predicted molar refractivity (Wildman–Crippen MR) is 129 cm³/mol. The standard InChI is InChI=1S/C27H25N3O2/c1-19-17-25(32-3)15-12-23(19)18-28-29-27(31)22-10-13-24(14-11-22)30-20(2)9-16-26(30)21-7-5-4-6-8-21/h4-18H,1-3H3,(H,29,31)/b28-18+. The lowest BCUT2D eigenvalue weighted by atomic mass is 10.1. The molecule has 0 aliphatic carbocycles. The van der Waals surface area contributed by atoms with Crippen molar-refractivity contribution in [3.8, 4) is 22.7 Å². The van der Waals surface area contributed by atoms with Gasteiger partial charge in [-0.25, -0.2) is 5.43 Å². The Kier molecular flexibility index (Phi) is 6.17. The number of hydrogen-bond donors (Lipinski definition) is 1. The van der Waals surface area contributed by atoms with Crippen LogP contribution in [0, 0.1) is 13.8 Å². The molecule has 32 heavy (non-hydrogen) atoms. The molecule has 0 saturated carbocycles. The van der Waals surface area contributed by atoms with Gasteiger partial charge in [0.05, 0.1) is 19.0 Å². The molecule has 0 atom stereocenters. The van der Waals surface area contributed by atoms with E-state index in [1.807, 2.05) is 67.6 Å². The number of nitrogens with zero attached hydrogens (tertiary/aromatic N) is 2. The molecule has 5 heteroatoms. The lowest BCUT2D eigenvalue weighted by molar-refractivity contribution is 0.0955. The first-order chi connectivity index (χ1) is 15.6. The minimum Gasteiger partial charge on any atom is -0.497 e. The number of benzene rings is 3. The zero-order chi connectivity index (χ0) is 22.5. The summed E-state index contributed by atoms with van der Waals surface area (Å²) >= 11 is 0. The lowest BCUT2D eigenvalue weighted by Gasteiger charge is -2.12. The average molecular weight is 424 g/mol. The summed E-state index contributed by atoms with van der Waals surface area (Å²) < 4.78 is 7.39. The monoisotopic (exact) mass is 423 g/mol. The molecule has 0 unspecified atom stereocenters. The van der Waals surface area contributed by atoms with E-state index in [-0.39, 0.29) is 5.91 Å². The van der Waals surface area contributed by atoms with Crippen LogP contribution in [0.4, 0.5) is 0 Å². The third-order valence-corrected chi connectivity index (χ3v) is 5.38. The zero-order valence-electron chi connectivity index (χ0n) is 18.4. The fourth-order valence-corrected chi connectivity index (χ4v) is 3.62. The minimum atomic E-state index is -0.258. The Labute approximate surface area is 188 Å². The van der Waals surface area contributed by atoms with E-state index < -0.39 is 0 Å². The molecule has 0 fully saturated rings. The quantitative estimate of drug-likeness (QED) is 0.327. The van der Waals surface area contributed by atoms with E-state index in [0.29, 0.717) is 5.56 Å². The van der Waals surface area contributed by atoms with Gasteiger partial charge in [0.15, 0.2) is 0 Å². The molecular formula is C27H25N3O2. The molecule has 4 rings (SSSR count). The highest BCUT2D eigenvalue weighted by atomic mass is 16.5. The number of nitrogens with one attached hydrogen (secondary N) is 1. The van der Waals surface area contributed by atoms with Crippen molar-refractivity contribution >= 4 is 12.1 Å². The van der Waals surface area contributed by atoms with Crippen molar-refractivity contribution < 1.29 is 9.53 Å². The van der Waals surface area contributed by atoms with Crippen molar-refractivity contribution in [2.75, 3.05) is 7.11 Å². The largest absolute Gasteiger partial charge is 0.497 e. The Morgan fingerprint density at radius 3 is 2.38 bits per heavy atom. The highest BCUT2D eigenvalue weighted by Gasteiger charge is 2.11. The van der Waals surface area contributed by atoms with Gasteiger partial charge in [0.1, 0.15) is 5.75 Å². The van der Waals surface area contributed by atoms with Crippen LogP contribution in [0.3, 0.4) is 0 Å². The van der Waals surface area contributed by atoms with Crippen molar-refractivity contribution in [2.24, 2.45) is 5.10 Å². The van der Waals surface area contributed by atoms with Gasteiger partial charge in [-0.2, -0.15) is 5.10 Å². The van der Waals surface area contributed by atoms with Crippen LogP contribution in [-0.2, 0) is 0 Å². The molecule has 1 heterocycles. The number of carbonyl (C=O) groups excluding carboxylic acids is 1. The van der Waals surface area contributed by atoms with E-state index in [4.69, 9.17) is 4.74 Å². The number of amides is 1. The van der Waals surface area contributed by atoms with Crippen molar-refractivity contribution in [3.63, 3.8) is 0 Å². The number of ether oxygens (including phenoxy) is 1. The SMILES string of the molecule is COc1ccc(/C=N/NC(=O)c2ccc(-n3c(C)ccc3-c3ccccc3)cc2)c(C)c1. The molecule has 0 spiro atoms. The van der Waals surface area contributed by atoms with Gasteiger partial charge in [0.2, 0.25) is 0 Å². The Morgan fingerprint density at radius 1 is 0.938 bits per heavy atom. The van der Waals surface area contributed by atoms with Gasteiger partial charge in [-0.05, 0) is 85.1 Å². The van der Waals surface area contributed by atoms with Crippen LogP contribution in [0.25, 0.3) is 16.9 Å². The molecule has 0 bridgehead atoms. The maximum atomic E-state index is 12.5. The molecule has 4 aromatic rings. The topological polar surface area (TPSA) is 55.6 Å². The number of hydrazone groups is 1. The molecule has 1 aromatic heterocycles. The summed E-state index contributed by atoms with van der Waals surface area (Å²) in [6.07, 6.45) is 1.64. The average Bonchev–Trinajstić information content (AvgIpc) is 3.22. The molecule has 0 radical (unpaired) electrons. The van der Waals surface area contributed by atoms with Crippen LogP contribution in [0.2, 0.25) is 0 Å². The number of rotatable bonds is 6. The van der Waals surface area contributed by atoms with Crippen molar-refractivity contribution in [1.82, 2.24) is 9.99 Å². The molecule has 1 N–H and O–H groups in total. The maximum Gasteiger partial charge on any atom is 0.271 e. The van der Waals surface area contributed by atoms with Gasteiger partial charge < -0.3 is 9.30 Å². The third kappa shape index (κ3) is 4.47. The predicted octanol–water partition coefficient (Wildman–Crippen LogP) is 5.53. The van der Waals surface area contributed by atoms with Crippen LogP contribution in [-0.4, -0.2) is 23.8 Å². The smallest absolute Gasteiger partial charge is 0.271 e. The van der Waals surface area contributed by atoms with Gasteiger partial charge in [-0.1, -0.05) is 30.3 Å². The van der Waals surface area contributed by atoms with E-state index in [1.165, 1.54) is 0 Å². The number of methoxy groups -OCH3 is 1. The van der Waals surface area contributed by atoms with Gasteiger partial charge in [0, 0.05) is 16.9 Å². The molecule has 0 aliphatic rings. The highest BCUT2D eigenvalue weighted by molar-refractivity contribution is 5.95. The summed E-state index contributed by atoms with van der Waals surface area (Å²) in [7, 11) is 1.63. The summed E-state index contributed by atoms with van der Waals surface area (Å²) in [5, 5.41) is 4.10. The zero-order valence-corrected chi connectivity index (χ0v) is 18.4. The fraction of sp³-hybridized carbons (Fsp3) is 0.111. The second kappa shape index (κ2) is 9.35. The highest BCUT2D eigenvalue weighted by Crippen LogP contribution is 2.26. The van der Waals surface area contributed by atoms with E-state index >= 15 is 0 Å². The van der Waals surface area contributed by atoms with E-state index in [2.05, 4.69) is 46.3 Å². The van der Waals surface area contributed by atoms with Gasteiger partial charge >= 0.3 is 0 Å². The number of aryl methyl sites for hydroxylation is 2. The van der Waals surface area contributed by atoms with E-state index in [1.54, 1.807) is 13.3 Å². The summed E-state index contributed by atoms with van der Waals surface area (Å²) in [5.41, 5.74) is 9.46. The first-order valence-corrected chi connectivity index (χ1v) is 10.4. The Morgan fingerprint density at radius 2 is 1.69 bits per heavy atom. The van der Waals surface area contributed by atoms with Crippen LogP contribution in [0.1, 0.15) is 27.2 Å². The summed E-state index contributed by atoms with van der Waals surface area (Å²) in [6.45, 7) is 4.04. The first kappa shape index (κ1) is 21.1. The fourth-order valence-electron chi connectivity index (χ4n) is 3.62. The van der Waals surface area contributed by atoms with E-state index in [0.717, 1.165) is 39.5 Å². The van der Waals surface area contributed by atoms with Crippen molar-refractivity contribution in [3.05, 3.63) is 107 Å². The molecule has 1 amide bonds. The summed E-state index contributed by atoms with van der Waals surface area (Å²) in [6, 6.07) is 27.7. The normalized spacial score (nSPS) is 11.0. The van der Waals surface area contributed by atoms with Crippen LogP contribution < -0.4 is 10.2 Å². The molecule has 0 aliphatic heterocycles. The summed E-state index contributed by atoms with van der Waals surface area (Å²) in [4.78, 5) is 12.5. The second-order valence-electron chi connectivity index (χ2n) is 7.53. The number of aromatic nitrogens is 1.